The highest BCUT2D eigenvalue weighted by Crippen LogP contribution is 2.56. The third-order valence-corrected chi connectivity index (χ3v) is 10.9. The molecule has 1 aliphatic heterocycles. The van der Waals surface area contributed by atoms with Crippen molar-refractivity contribution in [1.82, 2.24) is 9.55 Å². The third kappa shape index (κ3) is 5.88. The Morgan fingerprint density at radius 3 is 1.95 bits per heavy atom. The lowest BCUT2D eigenvalue weighted by Gasteiger charge is -2.37. The standard InChI is InChI=1S/C45H28F9N3/c1-42-25-28(44(49,50)51)19-21-40(42)57(37-17-8-6-13-32(37)42)39-24-29(45(52,53)54)23-38(41(39)34-15-9-14-33(55-34)26-10-3-2-4-11-26)56-35-16-7-5-12-30(35)31-22-27(43(46,47)48)18-20-36(31)56/h2-25,40H,1H3. The predicted octanol–water partition coefficient (Wildman–Crippen LogP) is 13.4. The Kier molecular flexibility index (Phi) is 8.04. The molecule has 5 aromatic carbocycles. The van der Waals surface area contributed by atoms with E-state index in [0.29, 0.717) is 33.4 Å². The molecule has 12 heteroatoms. The van der Waals surface area contributed by atoms with Gasteiger partial charge in [-0.3, -0.25) is 0 Å². The van der Waals surface area contributed by atoms with E-state index in [-0.39, 0.29) is 33.5 Å². The first-order chi connectivity index (χ1) is 27.0. The maximum Gasteiger partial charge on any atom is 0.416 e. The number of anilines is 2. The molecule has 0 bridgehead atoms. The second kappa shape index (κ2) is 12.6. The van der Waals surface area contributed by atoms with Crippen LogP contribution in [0.5, 0.6) is 0 Å². The molecule has 57 heavy (non-hydrogen) atoms. The van der Waals surface area contributed by atoms with Gasteiger partial charge >= 0.3 is 18.5 Å². The molecule has 0 spiro atoms. The number of alkyl halides is 9. The number of hydrogen-bond donors (Lipinski definition) is 0. The van der Waals surface area contributed by atoms with Crippen molar-refractivity contribution >= 4 is 33.2 Å². The molecule has 7 aromatic rings. The SMILES string of the molecule is CC12C=C(C(F)(F)F)C=CC1N(c1cc(C(F)(F)F)cc(-n3c4ccccc4c4cc(C(F)(F)F)ccc43)c1-c1cccc(-c3ccccc3)n1)c1ccccc12. The highest BCUT2D eigenvalue weighted by atomic mass is 19.4. The fourth-order valence-electron chi connectivity index (χ4n) is 8.34. The summed E-state index contributed by atoms with van der Waals surface area (Å²) < 4.78 is 132. The molecular weight excluding hydrogens is 753 g/mol. The van der Waals surface area contributed by atoms with Crippen LogP contribution in [0.1, 0.15) is 23.6 Å². The first-order valence-electron chi connectivity index (χ1n) is 17.8. The van der Waals surface area contributed by atoms with Crippen LogP contribution in [-0.2, 0) is 17.8 Å². The lowest BCUT2D eigenvalue weighted by Crippen LogP contribution is -2.41. The molecule has 1 aliphatic carbocycles. The fraction of sp³-hybridized carbons (Fsp3) is 0.133. The van der Waals surface area contributed by atoms with Gasteiger partial charge in [-0.1, -0.05) is 91.0 Å². The average Bonchev–Trinajstić information content (AvgIpc) is 3.65. The normalized spacial score (nSPS) is 18.2. The maximum atomic E-state index is 15.3. The van der Waals surface area contributed by atoms with E-state index in [1.54, 1.807) is 78.6 Å². The smallest absolute Gasteiger partial charge is 0.332 e. The van der Waals surface area contributed by atoms with Gasteiger partial charge in [-0.25, -0.2) is 4.98 Å². The number of halogens is 9. The summed E-state index contributed by atoms with van der Waals surface area (Å²) in [5.41, 5.74) is -1.28. The average molecular weight is 782 g/mol. The molecule has 0 N–H and O–H groups in total. The summed E-state index contributed by atoms with van der Waals surface area (Å²) in [5, 5.41) is 0.532. The number of hydrogen-bond acceptors (Lipinski definition) is 2. The van der Waals surface area contributed by atoms with E-state index in [1.807, 2.05) is 30.3 Å². The Morgan fingerprint density at radius 2 is 1.21 bits per heavy atom. The van der Waals surface area contributed by atoms with Gasteiger partial charge in [0.25, 0.3) is 0 Å². The number of aromatic nitrogens is 2. The Bertz CT molecular complexity index is 2790. The van der Waals surface area contributed by atoms with Crippen molar-refractivity contribution in [1.29, 1.82) is 0 Å². The molecule has 0 saturated carbocycles. The molecule has 2 atom stereocenters. The van der Waals surface area contributed by atoms with Crippen LogP contribution in [0.4, 0.5) is 50.9 Å². The summed E-state index contributed by atoms with van der Waals surface area (Å²) in [7, 11) is 0. The van der Waals surface area contributed by atoms with Crippen LogP contribution >= 0.6 is 0 Å². The van der Waals surface area contributed by atoms with E-state index in [4.69, 9.17) is 4.98 Å². The molecule has 9 rings (SSSR count). The van der Waals surface area contributed by atoms with E-state index in [2.05, 4.69) is 0 Å². The molecule has 0 amide bonds. The first kappa shape index (κ1) is 36.3. The van der Waals surface area contributed by atoms with E-state index < -0.39 is 46.7 Å². The number of fused-ring (bicyclic) bond motifs is 6. The van der Waals surface area contributed by atoms with Crippen molar-refractivity contribution in [3.05, 3.63) is 168 Å². The largest absolute Gasteiger partial charge is 0.416 e. The number of pyridine rings is 1. The Labute approximate surface area is 319 Å². The molecule has 3 nitrogen and oxygen atoms in total. The zero-order valence-corrected chi connectivity index (χ0v) is 29.7. The second-order valence-electron chi connectivity index (χ2n) is 14.3. The van der Waals surface area contributed by atoms with Gasteiger partial charge in [-0.2, -0.15) is 39.5 Å². The minimum atomic E-state index is -4.93. The number of nitrogens with zero attached hydrogens (tertiary/aromatic N) is 3. The minimum absolute atomic E-state index is 0.00920. The van der Waals surface area contributed by atoms with E-state index in [1.165, 1.54) is 16.7 Å². The highest BCUT2D eigenvalue weighted by Gasteiger charge is 2.51. The Morgan fingerprint density at radius 1 is 0.561 bits per heavy atom. The fourth-order valence-corrected chi connectivity index (χ4v) is 8.34. The topological polar surface area (TPSA) is 21.1 Å². The van der Waals surface area contributed by atoms with Crippen molar-refractivity contribution < 1.29 is 39.5 Å². The number of para-hydroxylation sites is 2. The van der Waals surface area contributed by atoms with Crippen molar-refractivity contribution in [3.63, 3.8) is 0 Å². The maximum absolute atomic E-state index is 15.3. The summed E-state index contributed by atoms with van der Waals surface area (Å²) in [5.74, 6) is 0. The van der Waals surface area contributed by atoms with E-state index in [0.717, 1.165) is 36.4 Å². The van der Waals surface area contributed by atoms with E-state index >= 15 is 13.2 Å². The monoisotopic (exact) mass is 781 g/mol. The van der Waals surface area contributed by atoms with Crippen LogP contribution in [0.15, 0.2) is 151 Å². The van der Waals surface area contributed by atoms with Crippen molar-refractivity contribution in [3.8, 4) is 28.2 Å². The summed E-state index contributed by atoms with van der Waals surface area (Å²) in [6, 6.07) is 31.5. The Balaban J connectivity index is 1.42. The molecule has 286 valence electrons. The lowest BCUT2D eigenvalue weighted by molar-refractivity contribution is -0.138. The zero-order valence-electron chi connectivity index (χ0n) is 29.7. The van der Waals surface area contributed by atoms with Crippen LogP contribution < -0.4 is 4.90 Å². The molecule has 0 saturated heterocycles. The first-order valence-corrected chi connectivity index (χ1v) is 17.8. The second-order valence-corrected chi connectivity index (χ2v) is 14.3. The highest BCUT2D eigenvalue weighted by molar-refractivity contribution is 6.10. The summed E-state index contributed by atoms with van der Waals surface area (Å²) >= 11 is 0. The van der Waals surface area contributed by atoms with E-state index in [9.17, 15) is 26.3 Å². The van der Waals surface area contributed by atoms with Crippen LogP contribution in [0.2, 0.25) is 0 Å². The molecule has 3 heterocycles. The van der Waals surface area contributed by atoms with Gasteiger partial charge in [0.1, 0.15) is 0 Å². The van der Waals surface area contributed by atoms with Gasteiger partial charge in [0.2, 0.25) is 0 Å². The van der Waals surface area contributed by atoms with Gasteiger partial charge in [0, 0.05) is 33.0 Å². The Hall–Kier alpha value is -6.30. The quantitative estimate of drug-likeness (QED) is 0.166. The minimum Gasteiger partial charge on any atom is -0.332 e. The molecular formula is C45H28F9N3. The molecule has 2 aromatic heterocycles. The van der Waals surface area contributed by atoms with Crippen LogP contribution in [0.25, 0.3) is 50.0 Å². The number of benzene rings is 5. The third-order valence-electron chi connectivity index (χ3n) is 10.9. The summed E-state index contributed by atoms with van der Waals surface area (Å²) in [4.78, 5) is 6.61. The zero-order chi connectivity index (χ0) is 40.1. The van der Waals surface area contributed by atoms with Crippen LogP contribution in [0, 0.1) is 0 Å². The number of rotatable bonds is 4. The predicted molar refractivity (Wildman–Crippen MR) is 202 cm³/mol. The van der Waals surface area contributed by atoms with Gasteiger partial charge in [-0.15, -0.1) is 0 Å². The molecule has 0 radical (unpaired) electrons. The molecule has 2 unspecified atom stereocenters. The molecule has 2 aliphatic rings. The van der Waals surface area contributed by atoms with Gasteiger partial charge in [0.15, 0.2) is 0 Å². The van der Waals surface area contributed by atoms with Crippen LogP contribution in [-0.4, -0.2) is 21.8 Å². The summed E-state index contributed by atoms with van der Waals surface area (Å²) in [6.45, 7) is 1.62. The van der Waals surface area contributed by atoms with Crippen molar-refractivity contribution in [2.45, 2.75) is 36.9 Å². The van der Waals surface area contributed by atoms with Gasteiger partial charge < -0.3 is 9.47 Å². The summed E-state index contributed by atoms with van der Waals surface area (Å²) in [6.07, 6.45) is -10.9. The van der Waals surface area contributed by atoms with Gasteiger partial charge in [0.05, 0.1) is 56.5 Å². The van der Waals surface area contributed by atoms with Crippen LogP contribution in [0.3, 0.4) is 0 Å². The van der Waals surface area contributed by atoms with Crippen molar-refractivity contribution in [2.24, 2.45) is 0 Å². The van der Waals surface area contributed by atoms with Crippen molar-refractivity contribution in [2.75, 3.05) is 4.90 Å². The lowest BCUT2D eigenvalue weighted by atomic mass is 9.74. The number of allylic oxidation sites excluding steroid dienone is 2. The van der Waals surface area contributed by atoms with Gasteiger partial charge in [-0.05, 0) is 67.1 Å². The molecule has 0 fully saturated rings.